The molecule has 2 aromatic carbocycles. The van der Waals surface area contributed by atoms with Crippen molar-refractivity contribution in [1.29, 1.82) is 0 Å². The third kappa shape index (κ3) is 1.69. The van der Waals surface area contributed by atoms with Crippen LogP contribution >= 0.6 is 0 Å². The molecule has 0 spiro atoms. The zero-order valence-electron chi connectivity index (χ0n) is 10.1. The van der Waals surface area contributed by atoms with Crippen molar-refractivity contribution in [3.8, 4) is 0 Å². The maximum absolute atomic E-state index is 12.3. The highest BCUT2D eigenvalue weighted by molar-refractivity contribution is 6.03. The fraction of sp³-hybridized carbons (Fsp3) is 0.0667. The minimum atomic E-state index is -1.26. The van der Waals surface area contributed by atoms with E-state index in [1.165, 1.54) is 0 Å². The summed E-state index contributed by atoms with van der Waals surface area (Å²) in [4.78, 5) is 16.0. The summed E-state index contributed by atoms with van der Waals surface area (Å²) in [5.74, 6) is -0.401. The van der Waals surface area contributed by atoms with Gasteiger partial charge in [-0.2, -0.15) is 4.99 Å². The summed E-state index contributed by atoms with van der Waals surface area (Å²) < 4.78 is 5.61. The van der Waals surface area contributed by atoms with Crippen LogP contribution in [0.4, 0.5) is 0 Å². The van der Waals surface area contributed by atoms with Gasteiger partial charge >= 0.3 is 5.91 Å². The van der Waals surface area contributed by atoms with Crippen LogP contribution in [0, 0.1) is 0 Å². The van der Waals surface area contributed by atoms with Crippen molar-refractivity contribution in [3.63, 3.8) is 0 Å². The van der Waals surface area contributed by atoms with Crippen LogP contribution in [0.1, 0.15) is 11.1 Å². The Balaban J connectivity index is 2.22. The Bertz CT molecular complexity index is 596. The fourth-order valence-electron chi connectivity index (χ4n) is 2.28. The Labute approximate surface area is 110 Å². The molecule has 0 unspecified atom stereocenters. The summed E-state index contributed by atoms with van der Waals surface area (Å²) in [5.41, 5.74) is 5.76. The Kier molecular flexibility index (Phi) is 2.56. The van der Waals surface area contributed by atoms with E-state index in [0.717, 1.165) is 11.1 Å². The molecule has 94 valence electrons. The normalized spacial score (nSPS) is 16.8. The van der Waals surface area contributed by atoms with Crippen molar-refractivity contribution in [1.82, 2.24) is 0 Å². The number of benzene rings is 2. The van der Waals surface area contributed by atoms with Gasteiger partial charge in [0.2, 0.25) is 5.60 Å². The Morgan fingerprint density at radius 3 is 1.74 bits per heavy atom. The first kappa shape index (κ1) is 11.5. The third-order valence-electron chi connectivity index (χ3n) is 3.13. The number of hydrogen-bond acceptors (Lipinski definition) is 3. The molecule has 19 heavy (non-hydrogen) atoms. The molecule has 0 aliphatic carbocycles. The Hall–Kier alpha value is -2.62. The van der Waals surface area contributed by atoms with Crippen LogP contribution in [-0.4, -0.2) is 11.9 Å². The molecule has 0 atom stereocenters. The molecule has 0 saturated carbocycles. The topological polar surface area (TPSA) is 64.7 Å². The quantitative estimate of drug-likeness (QED) is 0.886. The Morgan fingerprint density at radius 2 is 1.37 bits per heavy atom. The highest BCUT2D eigenvalue weighted by Gasteiger charge is 2.49. The molecule has 1 heterocycles. The van der Waals surface area contributed by atoms with Crippen LogP contribution in [0.15, 0.2) is 65.7 Å². The highest BCUT2D eigenvalue weighted by Crippen LogP contribution is 2.37. The lowest BCUT2D eigenvalue weighted by molar-refractivity contribution is -0.128. The monoisotopic (exact) mass is 252 g/mol. The van der Waals surface area contributed by atoms with Gasteiger partial charge in [0, 0.05) is 11.1 Å². The van der Waals surface area contributed by atoms with Crippen molar-refractivity contribution < 1.29 is 9.53 Å². The molecule has 0 fully saturated rings. The number of ether oxygens (including phenoxy) is 1. The largest absolute Gasteiger partial charge is 0.438 e. The molecule has 0 aromatic heterocycles. The van der Waals surface area contributed by atoms with E-state index in [1.807, 2.05) is 60.7 Å². The Morgan fingerprint density at radius 1 is 0.895 bits per heavy atom. The first-order valence-electron chi connectivity index (χ1n) is 5.92. The van der Waals surface area contributed by atoms with Crippen LogP contribution in [0.5, 0.6) is 0 Å². The molecule has 2 aromatic rings. The summed E-state index contributed by atoms with van der Waals surface area (Å²) in [5, 5.41) is 0. The average Bonchev–Trinajstić information content (AvgIpc) is 2.76. The highest BCUT2D eigenvalue weighted by atomic mass is 16.5. The van der Waals surface area contributed by atoms with E-state index in [2.05, 4.69) is 4.99 Å². The van der Waals surface area contributed by atoms with E-state index >= 15 is 0 Å². The molecule has 1 aliphatic heterocycles. The summed E-state index contributed by atoms with van der Waals surface area (Å²) in [6.07, 6.45) is 0. The standard InChI is InChI=1S/C15H12N2O2/c16-14-17-13(18)15(19-14,11-7-3-1-4-8-11)12-9-5-2-6-10-12/h1-10H,(H2,16,17,18). The molecule has 4 heteroatoms. The molecular formula is C15H12N2O2. The molecular weight excluding hydrogens is 240 g/mol. The van der Waals surface area contributed by atoms with Gasteiger partial charge in [-0.25, -0.2) is 0 Å². The smallest absolute Gasteiger partial charge is 0.303 e. The van der Waals surface area contributed by atoms with Gasteiger partial charge in [0.05, 0.1) is 0 Å². The predicted molar refractivity (Wildman–Crippen MR) is 71.4 cm³/mol. The van der Waals surface area contributed by atoms with Crippen molar-refractivity contribution in [2.45, 2.75) is 5.60 Å². The third-order valence-corrected chi connectivity index (χ3v) is 3.13. The molecule has 0 saturated heterocycles. The number of nitrogens with two attached hydrogens (primary N) is 1. The first-order valence-corrected chi connectivity index (χ1v) is 5.92. The van der Waals surface area contributed by atoms with E-state index in [9.17, 15) is 4.79 Å². The van der Waals surface area contributed by atoms with E-state index in [-0.39, 0.29) is 6.02 Å². The molecule has 0 radical (unpaired) electrons. The maximum atomic E-state index is 12.3. The van der Waals surface area contributed by atoms with Crippen LogP contribution < -0.4 is 5.73 Å². The van der Waals surface area contributed by atoms with Crippen molar-refractivity contribution >= 4 is 11.9 Å². The fourth-order valence-corrected chi connectivity index (χ4v) is 2.28. The molecule has 1 amide bonds. The van der Waals surface area contributed by atoms with E-state index < -0.39 is 11.5 Å². The van der Waals surface area contributed by atoms with E-state index in [1.54, 1.807) is 0 Å². The lowest BCUT2D eigenvalue weighted by atomic mass is 9.86. The van der Waals surface area contributed by atoms with Crippen LogP contribution in [-0.2, 0) is 15.1 Å². The molecule has 2 N–H and O–H groups in total. The van der Waals surface area contributed by atoms with Gasteiger partial charge in [0.1, 0.15) is 0 Å². The number of amidine groups is 1. The minimum Gasteiger partial charge on any atom is -0.438 e. The van der Waals surface area contributed by atoms with Crippen LogP contribution in [0.3, 0.4) is 0 Å². The molecule has 1 aliphatic rings. The van der Waals surface area contributed by atoms with Crippen molar-refractivity contribution in [2.24, 2.45) is 10.7 Å². The van der Waals surface area contributed by atoms with Crippen LogP contribution in [0.2, 0.25) is 0 Å². The summed E-state index contributed by atoms with van der Waals surface area (Å²) in [6.45, 7) is 0. The lowest BCUT2D eigenvalue weighted by Crippen LogP contribution is -2.36. The predicted octanol–water partition coefficient (Wildman–Crippen LogP) is 1.80. The average molecular weight is 252 g/mol. The second kappa shape index (κ2) is 4.24. The first-order chi connectivity index (χ1) is 9.23. The minimum absolute atomic E-state index is 0.0993. The number of nitrogens with zero attached hydrogens (tertiary/aromatic N) is 1. The van der Waals surface area contributed by atoms with Gasteiger partial charge in [-0.05, 0) is 0 Å². The zero-order chi connectivity index (χ0) is 13.3. The SMILES string of the molecule is NC1=NC(=O)C(c2ccccc2)(c2ccccc2)O1. The number of rotatable bonds is 2. The van der Waals surface area contributed by atoms with E-state index in [0.29, 0.717) is 0 Å². The van der Waals surface area contributed by atoms with Gasteiger partial charge in [-0.1, -0.05) is 60.7 Å². The lowest BCUT2D eigenvalue weighted by Gasteiger charge is -2.26. The van der Waals surface area contributed by atoms with Gasteiger partial charge in [0.15, 0.2) is 0 Å². The maximum Gasteiger partial charge on any atom is 0.303 e. The van der Waals surface area contributed by atoms with Crippen LogP contribution in [0.25, 0.3) is 0 Å². The molecule has 0 bridgehead atoms. The zero-order valence-corrected chi connectivity index (χ0v) is 10.1. The second-order valence-corrected chi connectivity index (χ2v) is 4.27. The number of hydrogen-bond donors (Lipinski definition) is 1. The van der Waals surface area contributed by atoms with Gasteiger partial charge in [-0.15, -0.1) is 0 Å². The van der Waals surface area contributed by atoms with Gasteiger partial charge in [-0.3, -0.25) is 4.79 Å². The number of carbonyl (C=O) groups excluding carboxylic acids is 1. The number of carbonyl (C=O) groups is 1. The van der Waals surface area contributed by atoms with Gasteiger partial charge in [0.25, 0.3) is 6.02 Å². The summed E-state index contributed by atoms with van der Waals surface area (Å²) in [7, 11) is 0. The van der Waals surface area contributed by atoms with Gasteiger partial charge < -0.3 is 10.5 Å². The molecule has 3 rings (SSSR count). The summed E-state index contributed by atoms with van der Waals surface area (Å²) in [6, 6.07) is 18.4. The van der Waals surface area contributed by atoms with E-state index in [4.69, 9.17) is 10.5 Å². The number of amides is 1. The number of aliphatic imine (C=N–C) groups is 1. The van der Waals surface area contributed by atoms with Crippen molar-refractivity contribution in [2.75, 3.05) is 0 Å². The second-order valence-electron chi connectivity index (χ2n) is 4.27. The van der Waals surface area contributed by atoms with Crippen molar-refractivity contribution in [3.05, 3.63) is 71.8 Å². The molecule has 4 nitrogen and oxygen atoms in total. The summed E-state index contributed by atoms with van der Waals surface area (Å²) >= 11 is 0.